The Kier molecular flexibility index (Phi) is 2.19. The molecule has 0 radical (unpaired) electrons. The van der Waals surface area contributed by atoms with Gasteiger partial charge in [0, 0.05) is 5.41 Å². The lowest BCUT2D eigenvalue weighted by atomic mass is 10.1. The number of aryl methyl sites for hydroxylation is 1. The Morgan fingerprint density at radius 1 is 1.31 bits per heavy atom. The molecule has 0 saturated carbocycles. The summed E-state index contributed by atoms with van der Waals surface area (Å²) in [6.07, 6.45) is 0. The van der Waals surface area contributed by atoms with Crippen LogP contribution in [0.1, 0.15) is 16.5 Å². The minimum Gasteiger partial charge on any atom is -0.385 e. The molecule has 0 bridgehead atoms. The highest BCUT2D eigenvalue weighted by Crippen LogP contribution is 2.32. The SMILES string of the molecule is Cc1ccc(C2NC(N)=CS2)cc1. The Bertz CT molecular complexity index is 329. The predicted molar refractivity (Wildman–Crippen MR) is 56.9 cm³/mol. The summed E-state index contributed by atoms with van der Waals surface area (Å²) in [7, 11) is 0. The average Bonchev–Trinajstić information content (AvgIpc) is 2.53. The van der Waals surface area contributed by atoms with Crippen molar-refractivity contribution in [3.05, 3.63) is 46.6 Å². The summed E-state index contributed by atoms with van der Waals surface area (Å²) in [5, 5.41) is 5.43. The van der Waals surface area contributed by atoms with Crippen molar-refractivity contribution in [3.8, 4) is 0 Å². The molecule has 13 heavy (non-hydrogen) atoms. The van der Waals surface area contributed by atoms with Crippen molar-refractivity contribution < 1.29 is 0 Å². The summed E-state index contributed by atoms with van der Waals surface area (Å²) in [6, 6.07) is 8.50. The maximum Gasteiger partial charge on any atom is 0.104 e. The van der Waals surface area contributed by atoms with Gasteiger partial charge in [-0.3, -0.25) is 0 Å². The highest BCUT2D eigenvalue weighted by Gasteiger charge is 2.15. The summed E-state index contributed by atoms with van der Waals surface area (Å²) >= 11 is 1.71. The Hall–Kier alpha value is -1.09. The van der Waals surface area contributed by atoms with Crippen LogP contribution in [0.5, 0.6) is 0 Å². The first-order valence-electron chi connectivity index (χ1n) is 4.20. The largest absolute Gasteiger partial charge is 0.385 e. The first-order valence-corrected chi connectivity index (χ1v) is 5.14. The molecule has 1 aromatic rings. The normalized spacial score (nSPS) is 21.0. The quantitative estimate of drug-likeness (QED) is 0.715. The molecule has 2 rings (SSSR count). The van der Waals surface area contributed by atoms with Crippen LogP contribution in [-0.4, -0.2) is 0 Å². The summed E-state index contributed by atoms with van der Waals surface area (Å²) in [5.74, 6) is 0.760. The number of nitrogens with two attached hydrogens (primary N) is 1. The fourth-order valence-corrected chi connectivity index (χ4v) is 2.13. The minimum atomic E-state index is 0.292. The van der Waals surface area contributed by atoms with Gasteiger partial charge in [0.05, 0.1) is 0 Å². The molecule has 1 aliphatic heterocycles. The maximum absolute atomic E-state index is 5.62. The van der Waals surface area contributed by atoms with E-state index < -0.39 is 0 Å². The third kappa shape index (κ3) is 1.80. The van der Waals surface area contributed by atoms with Gasteiger partial charge in [0.1, 0.15) is 11.2 Å². The molecule has 0 aliphatic carbocycles. The van der Waals surface area contributed by atoms with Crippen molar-refractivity contribution in [1.82, 2.24) is 5.32 Å². The Labute approximate surface area is 82.2 Å². The van der Waals surface area contributed by atoms with Crippen molar-refractivity contribution in [3.63, 3.8) is 0 Å². The molecule has 1 unspecified atom stereocenters. The van der Waals surface area contributed by atoms with E-state index in [1.807, 2.05) is 5.41 Å². The standard InChI is InChI=1S/C10H12N2S/c1-7-2-4-8(5-3-7)10-12-9(11)6-13-10/h2-6,10,12H,11H2,1H3. The highest BCUT2D eigenvalue weighted by molar-refractivity contribution is 8.02. The van der Waals surface area contributed by atoms with Crippen LogP contribution < -0.4 is 11.1 Å². The van der Waals surface area contributed by atoms with Crippen molar-refractivity contribution in [2.24, 2.45) is 5.73 Å². The Morgan fingerprint density at radius 2 is 2.00 bits per heavy atom. The van der Waals surface area contributed by atoms with Crippen LogP contribution in [-0.2, 0) is 0 Å². The Morgan fingerprint density at radius 3 is 2.54 bits per heavy atom. The summed E-state index contributed by atoms with van der Waals surface area (Å²) < 4.78 is 0. The van der Waals surface area contributed by atoms with Crippen LogP contribution in [0.25, 0.3) is 0 Å². The molecule has 0 spiro atoms. The molecule has 0 aromatic heterocycles. The molecule has 1 atom stereocenters. The monoisotopic (exact) mass is 192 g/mol. The van der Waals surface area contributed by atoms with Crippen molar-refractivity contribution in [2.45, 2.75) is 12.3 Å². The smallest absolute Gasteiger partial charge is 0.104 e. The highest BCUT2D eigenvalue weighted by atomic mass is 32.2. The van der Waals surface area contributed by atoms with Gasteiger partial charge in [0.2, 0.25) is 0 Å². The maximum atomic E-state index is 5.62. The van der Waals surface area contributed by atoms with Gasteiger partial charge in [-0.15, -0.1) is 11.8 Å². The topological polar surface area (TPSA) is 38.0 Å². The lowest BCUT2D eigenvalue weighted by Gasteiger charge is -2.11. The number of thioether (sulfide) groups is 1. The van der Waals surface area contributed by atoms with Gasteiger partial charge in [-0.25, -0.2) is 0 Å². The van der Waals surface area contributed by atoms with Gasteiger partial charge < -0.3 is 11.1 Å². The number of benzene rings is 1. The van der Waals surface area contributed by atoms with Gasteiger partial charge in [-0.05, 0) is 12.5 Å². The zero-order chi connectivity index (χ0) is 9.26. The number of rotatable bonds is 1. The van der Waals surface area contributed by atoms with E-state index in [2.05, 4.69) is 36.5 Å². The van der Waals surface area contributed by atoms with Gasteiger partial charge in [-0.1, -0.05) is 29.8 Å². The molecular formula is C10H12N2S. The molecule has 68 valence electrons. The second-order valence-electron chi connectivity index (χ2n) is 3.14. The fourth-order valence-electron chi connectivity index (χ4n) is 1.26. The molecule has 0 fully saturated rings. The molecule has 1 aliphatic rings. The zero-order valence-corrected chi connectivity index (χ0v) is 8.27. The summed E-state index contributed by atoms with van der Waals surface area (Å²) in [6.45, 7) is 2.09. The minimum absolute atomic E-state index is 0.292. The third-order valence-corrected chi connectivity index (χ3v) is 3.06. The van der Waals surface area contributed by atoms with Crippen LogP contribution in [0.2, 0.25) is 0 Å². The lowest BCUT2D eigenvalue weighted by Crippen LogP contribution is -2.18. The second-order valence-corrected chi connectivity index (χ2v) is 4.12. The van der Waals surface area contributed by atoms with Gasteiger partial charge in [0.25, 0.3) is 0 Å². The van der Waals surface area contributed by atoms with Crippen LogP contribution in [0.3, 0.4) is 0 Å². The van der Waals surface area contributed by atoms with E-state index in [9.17, 15) is 0 Å². The first kappa shape index (κ1) is 8.51. The molecule has 3 N–H and O–H groups in total. The number of hydrogen-bond acceptors (Lipinski definition) is 3. The molecule has 1 aromatic carbocycles. The fraction of sp³-hybridized carbons (Fsp3) is 0.200. The van der Waals surface area contributed by atoms with Crippen molar-refractivity contribution in [2.75, 3.05) is 0 Å². The summed E-state index contributed by atoms with van der Waals surface area (Å²) in [4.78, 5) is 0. The van der Waals surface area contributed by atoms with E-state index >= 15 is 0 Å². The molecule has 3 heteroatoms. The van der Waals surface area contributed by atoms with Crippen molar-refractivity contribution in [1.29, 1.82) is 0 Å². The van der Waals surface area contributed by atoms with E-state index in [0.717, 1.165) is 5.82 Å². The van der Waals surface area contributed by atoms with Crippen LogP contribution >= 0.6 is 11.8 Å². The molecule has 2 nitrogen and oxygen atoms in total. The van der Waals surface area contributed by atoms with E-state index in [-0.39, 0.29) is 0 Å². The van der Waals surface area contributed by atoms with Gasteiger partial charge in [0.15, 0.2) is 0 Å². The number of hydrogen-bond donors (Lipinski definition) is 2. The first-order chi connectivity index (χ1) is 6.25. The summed E-state index contributed by atoms with van der Waals surface area (Å²) in [5.41, 5.74) is 8.18. The van der Waals surface area contributed by atoms with E-state index in [1.54, 1.807) is 11.8 Å². The van der Waals surface area contributed by atoms with Gasteiger partial charge >= 0.3 is 0 Å². The van der Waals surface area contributed by atoms with E-state index in [4.69, 9.17) is 5.73 Å². The van der Waals surface area contributed by atoms with Crippen molar-refractivity contribution >= 4 is 11.8 Å². The second kappa shape index (κ2) is 3.34. The van der Waals surface area contributed by atoms with Crippen LogP contribution in [0.15, 0.2) is 35.5 Å². The molecule has 1 heterocycles. The zero-order valence-electron chi connectivity index (χ0n) is 7.45. The average molecular weight is 192 g/mol. The van der Waals surface area contributed by atoms with Crippen LogP contribution in [0.4, 0.5) is 0 Å². The molecular weight excluding hydrogens is 180 g/mol. The number of nitrogens with one attached hydrogen (secondary N) is 1. The predicted octanol–water partition coefficient (Wildman–Crippen LogP) is 2.09. The third-order valence-electron chi connectivity index (χ3n) is 2.01. The molecule has 0 saturated heterocycles. The molecule has 0 amide bonds. The van der Waals surface area contributed by atoms with E-state index in [0.29, 0.717) is 5.37 Å². The lowest BCUT2D eigenvalue weighted by molar-refractivity contribution is 0.799. The van der Waals surface area contributed by atoms with Crippen LogP contribution in [0, 0.1) is 6.92 Å². The Balaban J connectivity index is 2.14. The van der Waals surface area contributed by atoms with E-state index in [1.165, 1.54) is 11.1 Å². The van der Waals surface area contributed by atoms with Gasteiger partial charge in [-0.2, -0.15) is 0 Å².